The summed E-state index contributed by atoms with van der Waals surface area (Å²) in [6, 6.07) is 15.4. The van der Waals surface area contributed by atoms with Crippen molar-refractivity contribution in [3.8, 4) is 11.3 Å². The summed E-state index contributed by atoms with van der Waals surface area (Å²) in [7, 11) is -3.47. The van der Waals surface area contributed by atoms with Gasteiger partial charge in [0.1, 0.15) is 0 Å². The van der Waals surface area contributed by atoms with Crippen LogP contribution in [-0.2, 0) is 16.4 Å². The largest absolute Gasteiger partial charge is 0.345 e. The van der Waals surface area contributed by atoms with Crippen molar-refractivity contribution in [3.63, 3.8) is 0 Å². The van der Waals surface area contributed by atoms with Crippen molar-refractivity contribution in [2.45, 2.75) is 18.2 Å². The predicted octanol–water partition coefficient (Wildman–Crippen LogP) is 4.65. The molecule has 8 heteroatoms. The number of hydrogen-bond acceptors (Lipinski definition) is 5. The molecule has 0 radical (unpaired) electrons. The van der Waals surface area contributed by atoms with Crippen molar-refractivity contribution < 1.29 is 8.42 Å². The second-order valence-corrected chi connectivity index (χ2v) is 10.6. The number of piperazine rings is 1. The lowest BCUT2D eigenvalue weighted by Crippen LogP contribution is -2.48. The molecule has 1 aliphatic rings. The van der Waals surface area contributed by atoms with Gasteiger partial charge in [0, 0.05) is 41.6 Å². The fourth-order valence-electron chi connectivity index (χ4n) is 3.35. The highest BCUT2D eigenvalue weighted by molar-refractivity contribution is 9.10. The molecule has 5 nitrogen and oxygen atoms in total. The van der Waals surface area contributed by atoms with Crippen LogP contribution in [0.4, 0.5) is 5.13 Å². The van der Waals surface area contributed by atoms with Crippen molar-refractivity contribution >= 4 is 42.4 Å². The smallest absolute Gasteiger partial charge is 0.243 e. The highest BCUT2D eigenvalue weighted by atomic mass is 79.9. The number of hydrogen-bond donors (Lipinski definition) is 0. The van der Waals surface area contributed by atoms with Gasteiger partial charge in [-0.15, -0.1) is 11.3 Å². The molecule has 1 fully saturated rings. The molecule has 1 saturated heterocycles. The first-order chi connectivity index (χ1) is 14.0. The van der Waals surface area contributed by atoms with E-state index in [1.165, 1.54) is 5.56 Å². The molecular formula is C21H22BrN3O2S2. The molecule has 0 amide bonds. The van der Waals surface area contributed by atoms with E-state index in [4.69, 9.17) is 4.98 Å². The molecule has 0 unspecified atom stereocenters. The Bertz CT molecular complexity index is 1090. The van der Waals surface area contributed by atoms with Crippen LogP contribution in [0.15, 0.2) is 63.3 Å². The quantitative estimate of drug-likeness (QED) is 0.521. The van der Waals surface area contributed by atoms with E-state index in [2.05, 4.69) is 57.4 Å². The minimum Gasteiger partial charge on any atom is -0.345 e. The van der Waals surface area contributed by atoms with E-state index >= 15 is 0 Å². The van der Waals surface area contributed by atoms with Crippen molar-refractivity contribution in [1.82, 2.24) is 9.29 Å². The molecule has 2 aromatic carbocycles. The summed E-state index contributed by atoms with van der Waals surface area (Å²) in [4.78, 5) is 7.28. The summed E-state index contributed by atoms with van der Waals surface area (Å²) in [6.45, 7) is 4.32. The molecule has 2 heterocycles. The molecule has 3 aromatic rings. The van der Waals surface area contributed by atoms with Crippen LogP contribution < -0.4 is 4.90 Å². The molecular weight excluding hydrogens is 470 g/mol. The van der Waals surface area contributed by atoms with Gasteiger partial charge in [-0.1, -0.05) is 53.2 Å². The topological polar surface area (TPSA) is 53.5 Å². The van der Waals surface area contributed by atoms with E-state index in [0.29, 0.717) is 31.1 Å². The first-order valence-electron chi connectivity index (χ1n) is 9.53. The Morgan fingerprint density at radius 1 is 1.07 bits per heavy atom. The average Bonchev–Trinajstić information content (AvgIpc) is 3.24. The molecule has 152 valence electrons. The number of aromatic nitrogens is 1. The van der Waals surface area contributed by atoms with E-state index in [1.807, 2.05) is 6.07 Å². The maximum absolute atomic E-state index is 12.9. The number of rotatable bonds is 5. The molecule has 4 rings (SSSR count). The number of anilines is 1. The van der Waals surface area contributed by atoms with Crippen molar-refractivity contribution in [2.75, 3.05) is 31.1 Å². The Hall–Kier alpha value is -1.74. The molecule has 1 aliphatic heterocycles. The minimum absolute atomic E-state index is 0.326. The van der Waals surface area contributed by atoms with Crippen LogP contribution in [0.2, 0.25) is 0 Å². The molecule has 0 bridgehead atoms. The van der Waals surface area contributed by atoms with Crippen LogP contribution in [0.3, 0.4) is 0 Å². The van der Waals surface area contributed by atoms with Crippen LogP contribution in [0.1, 0.15) is 12.5 Å². The zero-order chi connectivity index (χ0) is 20.4. The van der Waals surface area contributed by atoms with Gasteiger partial charge in [-0.3, -0.25) is 0 Å². The van der Waals surface area contributed by atoms with Crippen LogP contribution in [-0.4, -0.2) is 43.9 Å². The molecule has 0 aliphatic carbocycles. The fraction of sp³-hybridized carbons (Fsp3) is 0.286. The summed E-state index contributed by atoms with van der Waals surface area (Å²) in [5.74, 6) is 0. The van der Waals surface area contributed by atoms with Gasteiger partial charge in [0.25, 0.3) is 0 Å². The first-order valence-corrected chi connectivity index (χ1v) is 12.6. The van der Waals surface area contributed by atoms with E-state index < -0.39 is 10.0 Å². The van der Waals surface area contributed by atoms with Crippen LogP contribution in [0, 0.1) is 0 Å². The molecule has 1 aromatic heterocycles. The third kappa shape index (κ3) is 4.40. The number of nitrogens with zero attached hydrogens (tertiary/aromatic N) is 3. The van der Waals surface area contributed by atoms with Crippen molar-refractivity contribution in [1.29, 1.82) is 0 Å². The number of benzene rings is 2. The summed E-state index contributed by atoms with van der Waals surface area (Å²) >= 11 is 4.96. The van der Waals surface area contributed by atoms with Gasteiger partial charge in [0.15, 0.2) is 5.13 Å². The van der Waals surface area contributed by atoms with Crippen LogP contribution >= 0.6 is 27.3 Å². The Kier molecular flexibility index (Phi) is 6.06. The van der Waals surface area contributed by atoms with Gasteiger partial charge in [-0.05, 0) is 30.2 Å². The summed E-state index contributed by atoms with van der Waals surface area (Å²) < 4.78 is 28.1. The highest BCUT2D eigenvalue weighted by Gasteiger charge is 2.29. The maximum atomic E-state index is 12.9. The highest BCUT2D eigenvalue weighted by Crippen LogP contribution is 2.29. The van der Waals surface area contributed by atoms with Crippen molar-refractivity contribution in [3.05, 3.63) is 63.9 Å². The van der Waals surface area contributed by atoms with Gasteiger partial charge >= 0.3 is 0 Å². The van der Waals surface area contributed by atoms with Crippen LogP contribution in [0.25, 0.3) is 11.3 Å². The standard InChI is InChI=1S/C21H22BrN3O2S2/c1-2-16-6-8-17(9-7-16)20-15-28-21(23-20)24-10-12-25(13-11-24)29(26,27)19-5-3-4-18(22)14-19/h3-9,14-15H,2,10-13H2,1H3. The Morgan fingerprint density at radius 2 is 1.79 bits per heavy atom. The second-order valence-electron chi connectivity index (χ2n) is 6.91. The van der Waals surface area contributed by atoms with E-state index in [-0.39, 0.29) is 0 Å². The maximum Gasteiger partial charge on any atom is 0.243 e. The summed E-state index contributed by atoms with van der Waals surface area (Å²) in [6.07, 6.45) is 1.02. The molecule has 0 saturated carbocycles. The average molecular weight is 492 g/mol. The molecule has 29 heavy (non-hydrogen) atoms. The zero-order valence-electron chi connectivity index (χ0n) is 16.1. The fourth-order valence-corrected chi connectivity index (χ4v) is 6.26. The summed E-state index contributed by atoms with van der Waals surface area (Å²) in [5.41, 5.74) is 3.39. The normalized spacial score (nSPS) is 15.6. The third-order valence-electron chi connectivity index (χ3n) is 5.09. The lowest BCUT2D eigenvalue weighted by Gasteiger charge is -2.33. The lowest BCUT2D eigenvalue weighted by atomic mass is 10.1. The predicted molar refractivity (Wildman–Crippen MR) is 122 cm³/mol. The minimum atomic E-state index is -3.47. The third-order valence-corrected chi connectivity index (χ3v) is 8.38. The second kappa shape index (κ2) is 8.55. The van der Waals surface area contributed by atoms with Gasteiger partial charge in [0.05, 0.1) is 10.6 Å². The Morgan fingerprint density at radius 3 is 2.45 bits per heavy atom. The molecule has 0 N–H and O–H groups in total. The lowest BCUT2D eigenvalue weighted by molar-refractivity contribution is 0.385. The molecule has 0 atom stereocenters. The summed E-state index contributed by atoms with van der Waals surface area (Å²) in [5, 5.41) is 3.01. The van der Waals surface area contributed by atoms with Gasteiger partial charge in [0.2, 0.25) is 10.0 Å². The van der Waals surface area contributed by atoms with Crippen LogP contribution in [0.5, 0.6) is 0 Å². The van der Waals surface area contributed by atoms with Crippen molar-refractivity contribution in [2.24, 2.45) is 0 Å². The van der Waals surface area contributed by atoms with Gasteiger partial charge in [-0.25, -0.2) is 13.4 Å². The molecule has 0 spiro atoms. The monoisotopic (exact) mass is 491 g/mol. The SMILES string of the molecule is CCc1ccc(-c2csc(N3CCN(S(=O)(=O)c4cccc(Br)c4)CC3)n2)cc1. The van der Waals surface area contributed by atoms with E-state index in [0.717, 1.165) is 27.3 Å². The Labute approximate surface area is 184 Å². The zero-order valence-corrected chi connectivity index (χ0v) is 19.3. The van der Waals surface area contributed by atoms with E-state index in [1.54, 1.807) is 33.8 Å². The first kappa shape index (κ1) is 20.5. The number of halogens is 1. The number of aryl methyl sites for hydroxylation is 1. The van der Waals surface area contributed by atoms with Gasteiger partial charge < -0.3 is 4.90 Å². The van der Waals surface area contributed by atoms with Gasteiger partial charge in [-0.2, -0.15) is 4.31 Å². The Balaban J connectivity index is 1.44. The van der Waals surface area contributed by atoms with E-state index in [9.17, 15) is 8.42 Å². The number of sulfonamides is 1. The number of thiazole rings is 1.